The van der Waals surface area contributed by atoms with Crippen LogP contribution in [0, 0.1) is 10.1 Å². The lowest BCUT2D eigenvalue weighted by Crippen LogP contribution is -2.09. The highest BCUT2D eigenvalue weighted by molar-refractivity contribution is 9.10. The van der Waals surface area contributed by atoms with E-state index < -0.39 is 10.9 Å². The highest BCUT2D eigenvalue weighted by atomic mass is 79.9. The van der Waals surface area contributed by atoms with Crippen LogP contribution in [0.2, 0.25) is 5.02 Å². The highest BCUT2D eigenvalue weighted by Gasteiger charge is 2.27. The number of hydrogen-bond donors (Lipinski definition) is 0. The molecule has 0 bridgehead atoms. The molecule has 0 aliphatic carbocycles. The molecule has 11 heteroatoms. The van der Waals surface area contributed by atoms with Crippen molar-refractivity contribution in [2.75, 3.05) is 6.61 Å². The van der Waals surface area contributed by atoms with E-state index in [-0.39, 0.29) is 46.0 Å². The Kier molecular flexibility index (Phi) is 7.83. The number of cyclic esters (lactones) is 1. The fraction of sp³-hybridized carbons (Fsp3) is 0.227. The number of esters is 2. The zero-order chi connectivity index (χ0) is 24.1. The molecular formula is C22H18BrClN2O7. The Hall–Kier alpha value is -3.24. The van der Waals surface area contributed by atoms with Crippen molar-refractivity contribution in [1.29, 1.82) is 0 Å². The normalized spacial score (nSPS) is 14.1. The zero-order valence-electron chi connectivity index (χ0n) is 17.6. The molecule has 0 saturated heterocycles. The number of aliphatic imine (C=N–C) groups is 1. The van der Waals surface area contributed by atoms with Crippen LogP contribution in [0.3, 0.4) is 0 Å². The number of nitro benzene ring substituents is 1. The summed E-state index contributed by atoms with van der Waals surface area (Å²) in [5, 5.41) is 10.9. The summed E-state index contributed by atoms with van der Waals surface area (Å²) < 4.78 is 16.7. The van der Waals surface area contributed by atoms with Crippen LogP contribution < -0.4 is 9.47 Å². The lowest BCUT2D eigenvalue weighted by Gasteiger charge is -2.13. The van der Waals surface area contributed by atoms with E-state index in [1.165, 1.54) is 18.2 Å². The van der Waals surface area contributed by atoms with Gasteiger partial charge in [0.25, 0.3) is 5.69 Å². The summed E-state index contributed by atoms with van der Waals surface area (Å²) in [4.78, 5) is 38.8. The van der Waals surface area contributed by atoms with E-state index in [2.05, 4.69) is 20.9 Å². The Morgan fingerprint density at radius 1 is 1.30 bits per heavy atom. The molecule has 0 atom stereocenters. The van der Waals surface area contributed by atoms with Crippen LogP contribution >= 0.6 is 27.5 Å². The third-order valence-corrected chi connectivity index (χ3v) is 5.22. The van der Waals surface area contributed by atoms with Crippen LogP contribution in [0.25, 0.3) is 6.08 Å². The Balaban J connectivity index is 1.95. The van der Waals surface area contributed by atoms with Crippen molar-refractivity contribution in [3.8, 4) is 11.5 Å². The quantitative estimate of drug-likeness (QED) is 0.144. The summed E-state index contributed by atoms with van der Waals surface area (Å²) in [7, 11) is 0. The molecule has 1 aliphatic heterocycles. The van der Waals surface area contributed by atoms with Crippen molar-refractivity contribution in [2.24, 2.45) is 4.99 Å². The maximum Gasteiger partial charge on any atom is 0.363 e. The molecule has 2 aromatic rings. The molecule has 0 aromatic heterocycles. The first kappa shape index (κ1) is 24.4. The average Bonchev–Trinajstić information content (AvgIpc) is 3.10. The second kappa shape index (κ2) is 10.6. The third kappa shape index (κ3) is 5.77. The summed E-state index contributed by atoms with van der Waals surface area (Å²) in [6.07, 6.45) is 2.38. The molecule has 172 valence electrons. The number of halogens is 2. The fourth-order valence-electron chi connectivity index (χ4n) is 2.88. The minimum Gasteiger partial charge on any atom is -0.490 e. The minimum atomic E-state index is -0.716. The highest BCUT2D eigenvalue weighted by Crippen LogP contribution is 2.38. The second-order valence-corrected chi connectivity index (χ2v) is 8.01. The van der Waals surface area contributed by atoms with E-state index in [1.807, 2.05) is 6.92 Å². The van der Waals surface area contributed by atoms with Gasteiger partial charge in [-0.2, -0.15) is 0 Å². The maximum atomic E-state index is 12.4. The molecule has 33 heavy (non-hydrogen) atoms. The number of rotatable bonds is 8. The number of nitrogens with zero attached hydrogens (tertiary/aromatic N) is 2. The molecule has 0 unspecified atom stereocenters. The number of carbonyl (C=O) groups excluding carboxylic acids is 2. The molecule has 0 fully saturated rings. The molecule has 0 spiro atoms. The van der Waals surface area contributed by atoms with Gasteiger partial charge in [0.05, 0.1) is 26.6 Å². The van der Waals surface area contributed by atoms with Crippen LogP contribution in [-0.2, 0) is 14.3 Å². The van der Waals surface area contributed by atoms with Crippen molar-refractivity contribution in [3.63, 3.8) is 0 Å². The number of non-ortho nitro benzene ring substituents is 1. The molecule has 3 rings (SSSR count). The van der Waals surface area contributed by atoms with E-state index in [9.17, 15) is 19.7 Å². The van der Waals surface area contributed by atoms with Crippen molar-refractivity contribution < 1.29 is 28.7 Å². The molecular weight excluding hydrogens is 520 g/mol. The topological polar surface area (TPSA) is 117 Å². The van der Waals surface area contributed by atoms with E-state index >= 15 is 0 Å². The number of nitro groups is 1. The van der Waals surface area contributed by atoms with Gasteiger partial charge in [-0.05, 0) is 59.1 Å². The first-order valence-corrected chi connectivity index (χ1v) is 11.0. The molecule has 9 nitrogen and oxygen atoms in total. The SMILES string of the molecule is CCCC(=O)Oc1c(Br)cc(/C=C2\N=C(c3ccc([N+](=O)[O-])cc3Cl)OC2=O)cc1OCC. The number of ether oxygens (including phenoxy) is 3. The molecule has 0 saturated carbocycles. The van der Waals surface area contributed by atoms with Gasteiger partial charge in [-0.1, -0.05) is 18.5 Å². The van der Waals surface area contributed by atoms with E-state index in [1.54, 1.807) is 19.1 Å². The number of hydrogen-bond acceptors (Lipinski definition) is 8. The first-order chi connectivity index (χ1) is 15.7. The van der Waals surface area contributed by atoms with E-state index in [0.29, 0.717) is 28.8 Å². The van der Waals surface area contributed by atoms with Gasteiger partial charge in [0.2, 0.25) is 5.90 Å². The molecule has 2 aromatic carbocycles. The predicted octanol–water partition coefficient (Wildman–Crippen LogP) is 5.46. The second-order valence-electron chi connectivity index (χ2n) is 6.74. The van der Waals surface area contributed by atoms with E-state index in [4.69, 9.17) is 25.8 Å². The third-order valence-electron chi connectivity index (χ3n) is 4.32. The van der Waals surface area contributed by atoms with Gasteiger partial charge in [-0.15, -0.1) is 0 Å². The van der Waals surface area contributed by atoms with Crippen LogP contribution in [0.15, 0.2) is 45.5 Å². The van der Waals surface area contributed by atoms with Gasteiger partial charge < -0.3 is 14.2 Å². The van der Waals surface area contributed by atoms with Crippen LogP contribution in [0.4, 0.5) is 5.69 Å². The molecule has 0 amide bonds. The van der Waals surface area contributed by atoms with Crippen LogP contribution in [0.5, 0.6) is 11.5 Å². The largest absolute Gasteiger partial charge is 0.490 e. The zero-order valence-corrected chi connectivity index (χ0v) is 19.9. The maximum absolute atomic E-state index is 12.4. The Labute approximate surface area is 202 Å². The van der Waals surface area contributed by atoms with Gasteiger partial charge in [-0.3, -0.25) is 14.9 Å². The lowest BCUT2D eigenvalue weighted by molar-refractivity contribution is -0.384. The van der Waals surface area contributed by atoms with Gasteiger partial charge in [0, 0.05) is 18.6 Å². The summed E-state index contributed by atoms with van der Waals surface area (Å²) in [6, 6.07) is 7.00. The van der Waals surface area contributed by atoms with Gasteiger partial charge >= 0.3 is 11.9 Å². The van der Waals surface area contributed by atoms with Crippen molar-refractivity contribution in [3.05, 3.63) is 66.8 Å². The average molecular weight is 538 g/mol. The van der Waals surface area contributed by atoms with Gasteiger partial charge in [0.15, 0.2) is 17.2 Å². The number of carbonyl (C=O) groups is 2. The Bertz CT molecular complexity index is 1190. The monoisotopic (exact) mass is 536 g/mol. The lowest BCUT2D eigenvalue weighted by atomic mass is 10.1. The van der Waals surface area contributed by atoms with Crippen molar-refractivity contribution >= 4 is 57.1 Å². The van der Waals surface area contributed by atoms with Crippen molar-refractivity contribution in [1.82, 2.24) is 0 Å². The molecule has 1 heterocycles. The van der Waals surface area contributed by atoms with Crippen LogP contribution in [0.1, 0.15) is 37.8 Å². The Morgan fingerprint density at radius 2 is 2.06 bits per heavy atom. The molecule has 0 radical (unpaired) electrons. The smallest absolute Gasteiger partial charge is 0.363 e. The molecule has 1 aliphatic rings. The number of benzene rings is 2. The van der Waals surface area contributed by atoms with Gasteiger partial charge in [0.1, 0.15) is 0 Å². The Morgan fingerprint density at radius 3 is 2.70 bits per heavy atom. The van der Waals surface area contributed by atoms with Crippen LogP contribution in [-0.4, -0.2) is 29.4 Å². The summed E-state index contributed by atoms with van der Waals surface area (Å²) >= 11 is 9.48. The minimum absolute atomic E-state index is 0.00973. The van der Waals surface area contributed by atoms with E-state index in [0.717, 1.165) is 6.07 Å². The molecule has 0 N–H and O–H groups in total. The summed E-state index contributed by atoms with van der Waals surface area (Å²) in [6.45, 7) is 3.98. The van der Waals surface area contributed by atoms with Crippen molar-refractivity contribution in [2.45, 2.75) is 26.7 Å². The standard InChI is InChI=1S/C22H18BrClN2O7/c1-3-5-19(27)32-20-15(23)8-12(10-18(20)31-4-2)9-17-22(28)33-21(25-17)14-7-6-13(26(29)30)11-16(14)24/h6-11H,3-5H2,1-2H3/b17-9-. The fourth-order valence-corrected chi connectivity index (χ4v) is 3.67. The summed E-state index contributed by atoms with van der Waals surface area (Å²) in [5.41, 5.74) is 0.572. The summed E-state index contributed by atoms with van der Waals surface area (Å²) in [5.74, 6) is -0.614. The van der Waals surface area contributed by atoms with Gasteiger partial charge in [-0.25, -0.2) is 9.79 Å². The predicted molar refractivity (Wildman–Crippen MR) is 125 cm³/mol. The first-order valence-electron chi connectivity index (χ1n) is 9.87.